The number of benzene rings is 1. The van der Waals surface area contributed by atoms with Crippen molar-refractivity contribution in [1.29, 1.82) is 10.5 Å². The van der Waals surface area contributed by atoms with Crippen LogP contribution in [-0.4, -0.2) is 29.6 Å². The summed E-state index contributed by atoms with van der Waals surface area (Å²) in [4.78, 5) is 2.38. The van der Waals surface area contributed by atoms with E-state index in [1.54, 1.807) is 12.1 Å². The lowest BCUT2D eigenvalue weighted by molar-refractivity contribution is 0.165. The first-order valence-corrected chi connectivity index (χ1v) is 8.48. The Bertz CT molecular complexity index is 547. The average molecular weight is 311 g/mol. The first kappa shape index (κ1) is 17.3. The van der Waals surface area contributed by atoms with Gasteiger partial charge >= 0.3 is 0 Å². The van der Waals surface area contributed by atoms with Crippen LogP contribution in [0.2, 0.25) is 0 Å². The van der Waals surface area contributed by atoms with E-state index < -0.39 is 0 Å². The van der Waals surface area contributed by atoms with Gasteiger partial charge in [-0.3, -0.25) is 0 Å². The van der Waals surface area contributed by atoms with Crippen LogP contribution in [0.3, 0.4) is 0 Å². The number of nitrogens with zero attached hydrogens (tertiary/aromatic N) is 3. The highest BCUT2D eigenvalue weighted by Crippen LogP contribution is 2.24. The highest BCUT2D eigenvalue weighted by molar-refractivity contribution is 5.25. The van der Waals surface area contributed by atoms with E-state index in [1.165, 1.54) is 24.8 Å². The Hall–Kier alpha value is -2.04. The summed E-state index contributed by atoms with van der Waals surface area (Å²) in [6.45, 7) is 2.93. The molecule has 1 unspecified atom stereocenters. The number of aryl methyl sites for hydroxylation is 1. The van der Waals surface area contributed by atoms with Crippen molar-refractivity contribution in [2.45, 2.75) is 38.5 Å². The SMILES string of the molecule is N#CCCC(C#N)CN1CCC(CCc2ccc(O)cc2)CC1. The number of piperidine rings is 1. The third-order valence-corrected chi connectivity index (χ3v) is 4.75. The van der Waals surface area contributed by atoms with Crippen molar-refractivity contribution in [2.24, 2.45) is 11.8 Å². The molecule has 4 nitrogen and oxygen atoms in total. The second-order valence-electron chi connectivity index (χ2n) is 6.47. The van der Waals surface area contributed by atoms with E-state index in [4.69, 9.17) is 10.5 Å². The Morgan fingerprint density at radius 3 is 2.48 bits per heavy atom. The molecule has 1 atom stereocenters. The Kier molecular flexibility index (Phi) is 6.91. The maximum absolute atomic E-state index is 9.30. The number of phenolic OH excluding ortho intramolecular Hbond substituents is 1. The minimum absolute atomic E-state index is 0.0109. The summed E-state index contributed by atoms with van der Waals surface area (Å²) < 4.78 is 0. The Balaban J connectivity index is 1.68. The predicted octanol–water partition coefficient (Wildman–Crippen LogP) is 3.48. The van der Waals surface area contributed by atoms with Crippen LogP contribution >= 0.6 is 0 Å². The van der Waals surface area contributed by atoms with Crippen LogP contribution in [0.1, 0.15) is 37.7 Å². The quantitative estimate of drug-likeness (QED) is 0.837. The fraction of sp³-hybridized carbons (Fsp3) is 0.579. The summed E-state index contributed by atoms with van der Waals surface area (Å²) in [5.74, 6) is 1.06. The number of likely N-dealkylation sites (tertiary alicyclic amines) is 1. The van der Waals surface area contributed by atoms with Crippen molar-refractivity contribution in [3.8, 4) is 17.9 Å². The molecule has 1 fully saturated rings. The molecule has 0 amide bonds. The van der Waals surface area contributed by atoms with Gasteiger partial charge in [0.25, 0.3) is 0 Å². The zero-order valence-electron chi connectivity index (χ0n) is 13.6. The van der Waals surface area contributed by atoms with E-state index in [-0.39, 0.29) is 5.92 Å². The standard InChI is InChI=1S/C19H25N3O/c20-11-1-2-18(14-21)15-22-12-9-17(10-13-22)4-3-16-5-7-19(23)8-6-16/h5-8,17-18,23H,1-4,9-10,12-13,15H2. The monoisotopic (exact) mass is 311 g/mol. The average Bonchev–Trinajstić information content (AvgIpc) is 2.59. The molecule has 23 heavy (non-hydrogen) atoms. The number of hydrogen-bond donors (Lipinski definition) is 1. The lowest BCUT2D eigenvalue weighted by Crippen LogP contribution is -2.37. The first-order chi connectivity index (χ1) is 11.2. The van der Waals surface area contributed by atoms with Gasteiger partial charge in [0.05, 0.1) is 18.1 Å². The zero-order valence-corrected chi connectivity index (χ0v) is 13.6. The summed E-state index contributed by atoms with van der Waals surface area (Å²) in [5, 5.41) is 27.1. The third kappa shape index (κ3) is 5.93. The molecule has 1 N–H and O–H groups in total. The van der Waals surface area contributed by atoms with Crippen molar-refractivity contribution in [2.75, 3.05) is 19.6 Å². The van der Waals surface area contributed by atoms with E-state index in [1.807, 2.05) is 12.1 Å². The summed E-state index contributed by atoms with van der Waals surface area (Å²) in [7, 11) is 0. The van der Waals surface area contributed by atoms with Gasteiger partial charge in [0.1, 0.15) is 5.75 Å². The van der Waals surface area contributed by atoms with Gasteiger partial charge in [-0.15, -0.1) is 0 Å². The van der Waals surface area contributed by atoms with Gasteiger partial charge in [0.2, 0.25) is 0 Å². The molecule has 1 aromatic rings. The number of rotatable bonds is 7. The normalized spacial score (nSPS) is 17.3. The largest absolute Gasteiger partial charge is 0.508 e. The zero-order chi connectivity index (χ0) is 16.5. The van der Waals surface area contributed by atoms with Crippen molar-refractivity contribution < 1.29 is 5.11 Å². The topological polar surface area (TPSA) is 71.0 Å². The number of phenols is 1. The molecule has 4 heteroatoms. The predicted molar refractivity (Wildman–Crippen MR) is 89.5 cm³/mol. The summed E-state index contributed by atoms with van der Waals surface area (Å²) >= 11 is 0. The van der Waals surface area contributed by atoms with Crippen LogP contribution in [0.5, 0.6) is 5.75 Å². The van der Waals surface area contributed by atoms with E-state index in [0.29, 0.717) is 18.6 Å². The van der Waals surface area contributed by atoms with E-state index in [0.717, 1.165) is 32.0 Å². The smallest absolute Gasteiger partial charge is 0.115 e. The van der Waals surface area contributed by atoms with Gasteiger partial charge in [-0.25, -0.2) is 0 Å². The van der Waals surface area contributed by atoms with Crippen molar-refractivity contribution in [3.63, 3.8) is 0 Å². The lowest BCUT2D eigenvalue weighted by Gasteiger charge is -2.33. The van der Waals surface area contributed by atoms with Crippen LogP contribution < -0.4 is 0 Å². The Morgan fingerprint density at radius 2 is 1.87 bits per heavy atom. The van der Waals surface area contributed by atoms with Crippen LogP contribution in [-0.2, 0) is 6.42 Å². The second-order valence-corrected chi connectivity index (χ2v) is 6.47. The first-order valence-electron chi connectivity index (χ1n) is 8.48. The van der Waals surface area contributed by atoms with E-state index in [9.17, 15) is 5.11 Å². The molecular formula is C19H25N3O. The molecule has 0 spiro atoms. The van der Waals surface area contributed by atoms with Gasteiger partial charge in [0.15, 0.2) is 0 Å². The maximum atomic E-state index is 9.30. The van der Waals surface area contributed by atoms with Crippen molar-refractivity contribution >= 4 is 0 Å². The third-order valence-electron chi connectivity index (χ3n) is 4.75. The molecule has 1 aromatic carbocycles. The number of hydrogen-bond acceptors (Lipinski definition) is 4. The second kappa shape index (κ2) is 9.18. The number of aromatic hydroxyl groups is 1. The Morgan fingerprint density at radius 1 is 1.17 bits per heavy atom. The molecule has 1 aliphatic heterocycles. The van der Waals surface area contributed by atoms with Crippen molar-refractivity contribution in [1.82, 2.24) is 4.90 Å². The Labute approximate surface area is 139 Å². The molecular weight excluding hydrogens is 286 g/mol. The fourth-order valence-corrected chi connectivity index (χ4v) is 3.24. The molecule has 0 aromatic heterocycles. The molecule has 0 aliphatic carbocycles. The summed E-state index contributed by atoms with van der Waals surface area (Å²) in [5.41, 5.74) is 1.28. The summed E-state index contributed by atoms with van der Waals surface area (Å²) in [6.07, 6.45) is 5.79. The lowest BCUT2D eigenvalue weighted by atomic mass is 9.90. The van der Waals surface area contributed by atoms with Crippen LogP contribution in [0.25, 0.3) is 0 Å². The molecule has 0 bridgehead atoms. The van der Waals surface area contributed by atoms with E-state index in [2.05, 4.69) is 17.0 Å². The van der Waals surface area contributed by atoms with Crippen LogP contribution in [0, 0.1) is 34.5 Å². The highest BCUT2D eigenvalue weighted by atomic mass is 16.3. The molecule has 0 radical (unpaired) electrons. The van der Waals surface area contributed by atoms with Gasteiger partial charge in [0, 0.05) is 13.0 Å². The highest BCUT2D eigenvalue weighted by Gasteiger charge is 2.21. The molecule has 2 rings (SSSR count). The molecule has 122 valence electrons. The molecule has 1 aliphatic rings. The van der Waals surface area contributed by atoms with Crippen LogP contribution in [0.15, 0.2) is 24.3 Å². The van der Waals surface area contributed by atoms with E-state index >= 15 is 0 Å². The number of nitriles is 2. The minimum atomic E-state index is -0.0109. The van der Waals surface area contributed by atoms with Gasteiger partial charge in [-0.05, 0) is 68.8 Å². The maximum Gasteiger partial charge on any atom is 0.115 e. The fourth-order valence-electron chi connectivity index (χ4n) is 3.24. The van der Waals surface area contributed by atoms with Gasteiger partial charge < -0.3 is 10.0 Å². The van der Waals surface area contributed by atoms with Gasteiger partial charge in [-0.1, -0.05) is 12.1 Å². The summed E-state index contributed by atoms with van der Waals surface area (Å²) in [6, 6.07) is 12.0. The van der Waals surface area contributed by atoms with Crippen molar-refractivity contribution in [3.05, 3.63) is 29.8 Å². The van der Waals surface area contributed by atoms with Crippen LogP contribution in [0.4, 0.5) is 0 Å². The molecule has 0 saturated carbocycles. The molecule has 1 heterocycles. The minimum Gasteiger partial charge on any atom is -0.508 e. The molecule has 1 saturated heterocycles. The van der Waals surface area contributed by atoms with Gasteiger partial charge in [-0.2, -0.15) is 10.5 Å².